The Hall–Kier alpha value is -3.13. The molecule has 1 aliphatic heterocycles. The predicted molar refractivity (Wildman–Crippen MR) is 108 cm³/mol. The minimum Gasteiger partial charge on any atom is -0.389 e. The molecule has 146 valence electrons. The average molecular weight is 381 g/mol. The molecule has 0 amide bonds. The van der Waals surface area contributed by atoms with E-state index in [4.69, 9.17) is 0 Å². The number of allylic oxidation sites excluding steroid dienone is 1. The van der Waals surface area contributed by atoms with Crippen molar-refractivity contribution < 1.29 is 5.11 Å². The topological polar surface area (TPSA) is 85.3 Å². The van der Waals surface area contributed by atoms with Crippen molar-refractivity contribution in [3.8, 4) is 0 Å². The summed E-state index contributed by atoms with van der Waals surface area (Å²) in [6.45, 7) is 8.33. The van der Waals surface area contributed by atoms with Gasteiger partial charge in [-0.15, -0.1) is 0 Å². The van der Waals surface area contributed by atoms with E-state index in [9.17, 15) is 14.7 Å². The van der Waals surface area contributed by atoms with Crippen LogP contribution in [-0.2, 0) is 20.1 Å². The Bertz CT molecular complexity index is 1200. The molecule has 0 saturated carbocycles. The minimum atomic E-state index is -0.669. The van der Waals surface area contributed by atoms with Crippen LogP contribution in [0.4, 0.5) is 11.6 Å². The molecule has 0 unspecified atom stereocenters. The smallest absolute Gasteiger partial charge is 0.332 e. The molecule has 8 nitrogen and oxygen atoms in total. The molecule has 2 aromatic heterocycles. The third-order valence-corrected chi connectivity index (χ3v) is 5.01. The summed E-state index contributed by atoms with van der Waals surface area (Å²) in [6, 6.07) is 7.88. The normalized spacial score (nSPS) is 16.4. The number of rotatable bonds is 3. The first-order valence-corrected chi connectivity index (χ1v) is 9.14. The number of fused-ring (bicyclic) bond motifs is 3. The molecule has 1 N–H and O–H groups in total. The second-order valence-electron chi connectivity index (χ2n) is 7.48. The average Bonchev–Trinajstić information content (AvgIpc) is 3.03. The van der Waals surface area contributed by atoms with Gasteiger partial charge in [0.25, 0.3) is 5.56 Å². The summed E-state index contributed by atoms with van der Waals surface area (Å²) in [5.74, 6) is 0.546. The van der Waals surface area contributed by atoms with Crippen molar-refractivity contribution in [2.45, 2.75) is 33.0 Å². The second-order valence-corrected chi connectivity index (χ2v) is 7.48. The molecule has 4 rings (SSSR count). The zero-order valence-electron chi connectivity index (χ0n) is 16.2. The standard InChI is InChI=1S/C20H23N5O3/c1-12(2)9-25-18(27)16-17(22(4)20(25)28)21-19-23(10-15(26)11-24(16)19)14-7-5-13(3)6-8-14/h5-8,15,26H,1,9-11H2,2-4H3/t15-/m1/s1. The number of aliphatic hydroxyl groups is 1. The zero-order chi connectivity index (χ0) is 20.2. The monoisotopic (exact) mass is 381 g/mol. The van der Waals surface area contributed by atoms with E-state index >= 15 is 0 Å². The molecule has 28 heavy (non-hydrogen) atoms. The number of β-amino-alcohol motifs (C(OH)–C–C–N with tert-alkyl or cyclic N) is 1. The van der Waals surface area contributed by atoms with Gasteiger partial charge in [0.1, 0.15) is 0 Å². The Morgan fingerprint density at radius 3 is 2.57 bits per heavy atom. The van der Waals surface area contributed by atoms with E-state index in [1.54, 1.807) is 18.5 Å². The number of aliphatic hydroxyl groups excluding tert-OH is 1. The van der Waals surface area contributed by atoms with E-state index in [2.05, 4.69) is 11.6 Å². The number of hydrogen-bond donors (Lipinski definition) is 1. The van der Waals surface area contributed by atoms with Crippen LogP contribution in [0, 0.1) is 6.92 Å². The first-order chi connectivity index (χ1) is 13.3. The van der Waals surface area contributed by atoms with Crippen LogP contribution in [0.3, 0.4) is 0 Å². The minimum absolute atomic E-state index is 0.145. The highest BCUT2D eigenvalue weighted by Gasteiger charge is 2.30. The largest absolute Gasteiger partial charge is 0.389 e. The number of anilines is 2. The molecule has 3 heterocycles. The van der Waals surface area contributed by atoms with Crippen LogP contribution in [-0.4, -0.2) is 36.4 Å². The fourth-order valence-corrected chi connectivity index (χ4v) is 3.65. The van der Waals surface area contributed by atoms with E-state index in [1.165, 1.54) is 4.57 Å². The third kappa shape index (κ3) is 2.77. The van der Waals surface area contributed by atoms with Gasteiger partial charge < -0.3 is 14.6 Å². The Balaban J connectivity index is 2.00. The van der Waals surface area contributed by atoms with Crippen LogP contribution in [0.1, 0.15) is 12.5 Å². The third-order valence-electron chi connectivity index (χ3n) is 5.01. The van der Waals surface area contributed by atoms with Crippen molar-refractivity contribution in [1.29, 1.82) is 0 Å². The number of aromatic nitrogens is 4. The molecule has 8 heteroatoms. The molecular formula is C20H23N5O3. The molecule has 3 aromatic rings. The fraction of sp³-hybridized carbons (Fsp3) is 0.350. The maximum Gasteiger partial charge on any atom is 0.332 e. The van der Waals surface area contributed by atoms with Gasteiger partial charge in [-0.1, -0.05) is 29.8 Å². The highest BCUT2D eigenvalue weighted by molar-refractivity contribution is 5.77. The van der Waals surface area contributed by atoms with Gasteiger partial charge in [-0.25, -0.2) is 4.79 Å². The van der Waals surface area contributed by atoms with E-state index < -0.39 is 17.4 Å². The van der Waals surface area contributed by atoms with Gasteiger partial charge >= 0.3 is 5.69 Å². The lowest BCUT2D eigenvalue weighted by Crippen LogP contribution is -2.41. The summed E-state index contributed by atoms with van der Waals surface area (Å²) < 4.78 is 4.25. The Morgan fingerprint density at radius 1 is 1.25 bits per heavy atom. The highest BCUT2D eigenvalue weighted by atomic mass is 16.3. The van der Waals surface area contributed by atoms with Crippen molar-refractivity contribution in [2.24, 2.45) is 7.05 Å². The van der Waals surface area contributed by atoms with Crippen molar-refractivity contribution in [3.05, 3.63) is 62.8 Å². The Morgan fingerprint density at radius 2 is 1.93 bits per heavy atom. The molecule has 0 bridgehead atoms. The molecule has 1 aromatic carbocycles. The number of aryl methyl sites for hydroxylation is 2. The molecule has 1 atom stereocenters. The van der Waals surface area contributed by atoms with Gasteiger partial charge in [-0.05, 0) is 26.0 Å². The molecule has 0 aliphatic carbocycles. The van der Waals surface area contributed by atoms with Crippen molar-refractivity contribution in [3.63, 3.8) is 0 Å². The van der Waals surface area contributed by atoms with Crippen LogP contribution < -0.4 is 16.1 Å². The summed E-state index contributed by atoms with van der Waals surface area (Å²) in [7, 11) is 1.60. The summed E-state index contributed by atoms with van der Waals surface area (Å²) in [5, 5.41) is 10.5. The lowest BCUT2D eigenvalue weighted by atomic mass is 10.2. The first-order valence-electron chi connectivity index (χ1n) is 9.14. The van der Waals surface area contributed by atoms with Crippen LogP contribution in [0.2, 0.25) is 0 Å². The van der Waals surface area contributed by atoms with Crippen molar-refractivity contribution in [2.75, 3.05) is 11.4 Å². The maximum absolute atomic E-state index is 13.1. The summed E-state index contributed by atoms with van der Waals surface area (Å²) in [6.07, 6.45) is -0.669. The molecule has 0 radical (unpaired) electrons. The van der Waals surface area contributed by atoms with Gasteiger partial charge in [0.15, 0.2) is 11.2 Å². The lowest BCUT2D eigenvalue weighted by Gasteiger charge is -2.32. The Labute approximate surface area is 161 Å². The SMILES string of the molecule is C=C(C)Cn1c(=O)c2c(nc3n2C[C@H](O)CN3c2ccc(C)cc2)n(C)c1=O. The van der Waals surface area contributed by atoms with Crippen LogP contribution in [0.5, 0.6) is 0 Å². The number of nitrogens with zero attached hydrogens (tertiary/aromatic N) is 5. The van der Waals surface area contributed by atoms with Crippen molar-refractivity contribution in [1.82, 2.24) is 18.7 Å². The van der Waals surface area contributed by atoms with Crippen LogP contribution in [0.25, 0.3) is 11.2 Å². The van der Waals surface area contributed by atoms with Crippen molar-refractivity contribution >= 4 is 22.8 Å². The van der Waals surface area contributed by atoms with Gasteiger partial charge in [0, 0.05) is 12.7 Å². The molecule has 0 saturated heterocycles. The molecular weight excluding hydrogens is 358 g/mol. The number of benzene rings is 1. The van der Waals surface area contributed by atoms with Crippen LogP contribution >= 0.6 is 0 Å². The Kier molecular flexibility index (Phi) is 4.23. The second kappa shape index (κ2) is 6.49. The quantitative estimate of drug-likeness (QED) is 0.691. The predicted octanol–water partition coefficient (Wildman–Crippen LogP) is 1.29. The summed E-state index contributed by atoms with van der Waals surface area (Å²) in [4.78, 5) is 32.3. The van der Waals surface area contributed by atoms with E-state index in [0.29, 0.717) is 29.2 Å². The van der Waals surface area contributed by atoms with Gasteiger partial charge in [0.05, 0.1) is 25.7 Å². The number of imidazole rings is 1. The molecule has 0 fully saturated rings. The number of hydrogen-bond acceptors (Lipinski definition) is 5. The fourth-order valence-electron chi connectivity index (χ4n) is 3.65. The summed E-state index contributed by atoms with van der Waals surface area (Å²) >= 11 is 0. The van der Waals surface area contributed by atoms with E-state index in [-0.39, 0.29) is 13.1 Å². The maximum atomic E-state index is 13.1. The van der Waals surface area contributed by atoms with Gasteiger partial charge in [0.2, 0.25) is 5.95 Å². The van der Waals surface area contributed by atoms with Gasteiger partial charge in [-0.2, -0.15) is 4.98 Å². The van der Waals surface area contributed by atoms with E-state index in [0.717, 1.165) is 15.8 Å². The molecule has 1 aliphatic rings. The van der Waals surface area contributed by atoms with Crippen LogP contribution in [0.15, 0.2) is 46.0 Å². The lowest BCUT2D eigenvalue weighted by molar-refractivity contribution is 0.154. The summed E-state index contributed by atoms with van der Waals surface area (Å²) in [5.41, 5.74) is 2.48. The highest BCUT2D eigenvalue weighted by Crippen LogP contribution is 2.31. The zero-order valence-corrected chi connectivity index (χ0v) is 16.2. The van der Waals surface area contributed by atoms with Gasteiger partial charge in [-0.3, -0.25) is 13.9 Å². The first kappa shape index (κ1) is 18.2. The van der Waals surface area contributed by atoms with E-state index in [1.807, 2.05) is 36.1 Å². The molecule has 0 spiro atoms.